The zero-order valence-corrected chi connectivity index (χ0v) is 10.4. The Morgan fingerprint density at radius 2 is 2.00 bits per heavy atom. The van der Waals surface area contributed by atoms with E-state index in [2.05, 4.69) is 19.2 Å². The lowest BCUT2D eigenvalue weighted by molar-refractivity contribution is 0.0797. The van der Waals surface area contributed by atoms with Gasteiger partial charge in [-0.3, -0.25) is 0 Å². The Bertz CT molecular complexity index is 143. The van der Waals surface area contributed by atoms with Crippen molar-refractivity contribution >= 4 is 0 Å². The average molecular weight is 213 g/mol. The maximum atomic E-state index is 5.75. The Morgan fingerprint density at radius 1 is 1.27 bits per heavy atom. The Kier molecular flexibility index (Phi) is 7.03. The van der Waals surface area contributed by atoms with Gasteiger partial charge in [0.2, 0.25) is 0 Å². The summed E-state index contributed by atoms with van der Waals surface area (Å²) in [5, 5.41) is 3.40. The number of hydrogen-bond acceptors (Lipinski definition) is 2. The molecular weight excluding hydrogens is 186 g/mol. The van der Waals surface area contributed by atoms with E-state index < -0.39 is 0 Å². The smallest absolute Gasteiger partial charge is 0.0494 e. The molecule has 1 aliphatic carbocycles. The highest BCUT2D eigenvalue weighted by Crippen LogP contribution is 2.23. The van der Waals surface area contributed by atoms with Crippen molar-refractivity contribution in [2.75, 3.05) is 19.8 Å². The second-order valence-corrected chi connectivity index (χ2v) is 4.83. The minimum Gasteiger partial charge on any atom is -0.381 e. The molecule has 1 aliphatic rings. The fraction of sp³-hybridized carbons (Fsp3) is 1.00. The quantitative estimate of drug-likeness (QED) is 0.656. The highest BCUT2D eigenvalue weighted by molar-refractivity contribution is 4.65. The molecule has 0 aromatic heterocycles. The zero-order valence-electron chi connectivity index (χ0n) is 10.4. The lowest BCUT2D eigenvalue weighted by atomic mass is 9.90. The van der Waals surface area contributed by atoms with Crippen molar-refractivity contribution in [1.29, 1.82) is 0 Å². The first kappa shape index (κ1) is 13.0. The van der Waals surface area contributed by atoms with E-state index in [1.54, 1.807) is 0 Å². The summed E-state index contributed by atoms with van der Waals surface area (Å²) in [6.45, 7) is 7.36. The van der Waals surface area contributed by atoms with Crippen molar-refractivity contribution in [2.45, 2.75) is 58.4 Å². The van der Waals surface area contributed by atoms with Crippen LogP contribution in [0.15, 0.2) is 0 Å². The van der Waals surface area contributed by atoms with E-state index in [1.807, 2.05) is 0 Å². The van der Waals surface area contributed by atoms with E-state index in [0.29, 0.717) is 6.04 Å². The molecule has 1 N–H and O–H groups in total. The fourth-order valence-electron chi connectivity index (χ4n) is 2.31. The zero-order chi connectivity index (χ0) is 10.9. The Labute approximate surface area is 94.8 Å². The highest BCUT2D eigenvalue weighted by Gasteiger charge is 2.13. The molecule has 1 fully saturated rings. The van der Waals surface area contributed by atoms with Gasteiger partial charge in [-0.2, -0.15) is 0 Å². The molecule has 0 spiro atoms. The van der Waals surface area contributed by atoms with Crippen LogP contribution in [0.3, 0.4) is 0 Å². The van der Waals surface area contributed by atoms with Gasteiger partial charge in [-0.05, 0) is 38.6 Å². The van der Waals surface area contributed by atoms with Gasteiger partial charge in [0.15, 0.2) is 0 Å². The molecule has 0 amide bonds. The van der Waals surface area contributed by atoms with E-state index >= 15 is 0 Å². The van der Waals surface area contributed by atoms with Crippen LogP contribution in [0.5, 0.6) is 0 Å². The summed E-state index contributed by atoms with van der Waals surface area (Å²) >= 11 is 0. The molecule has 0 aromatic rings. The van der Waals surface area contributed by atoms with Crippen LogP contribution in [0.4, 0.5) is 0 Å². The van der Waals surface area contributed by atoms with E-state index in [-0.39, 0.29) is 0 Å². The molecule has 2 heteroatoms. The lowest BCUT2D eigenvalue weighted by Gasteiger charge is -2.21. The second kappa shape index (κ2) is 8.12. The van der Waals surface area contributed by atoms with Gasteiger partial charge in [0.25, 0.3) is 0 Å². The minimum absolute atomic E-state index is 0.598. The van der Waals surface area contributed by atoms with Gasteiger partial charge in [0.1, 0.15) is 0 Å². The summed E-state index contributed by atoms with van der Waals surface area (Å²) in [5.41, 5.74) is 0. The van der Waals surface area contributed by atoms with E-state index in [9.17, 15) is 0 Å². The Balaban J connectivity index is 1.91. The van der Waals surface area contributed by atoms with Crippen molar-refractivity contribution < 1.29 is 4.74 Å². The van der Waals surface area contributed by atoms with Gasteiger partial charge in [-0.25, -0.2) is 0 Å². The molecule has 1 atom stereocenters. The Morgan fingerprint density at radius 3 is 2.67 bits per heavy atom. The normalized spacial score (nSPS) is 20.4. The van der Waals surface area contributed by atoms with Gasteiger partial charge in [0, 0.05) is 19.3 Å². The maximum Gasteiger partial charge on any atom is 0.0494 e. The molecule has 1 saturated carbocycles. The SMILES string of the molecule is CCNC(C)CCOCC1CCCCC1. The van der Waals surface area contributed by atoms with E-state index in [1.165, 1.54) is 32.1 Å². The summed E-state index contributed by atoms with van der Waals surface area (Å²) in [5.74, 6) is 0.855. The van der Waals surface area contributed by atoms with Gasteiger partial charge >= 0.3 is 0 Å². The van der Waals surface area contributed by atoms with Crippen LogP contribution in [0, 0.1) is 5.92 Å². The van der Waals surface area contributed by atoms with E-state index in [4.69, 9.17) is 4.74 Å². The largest absolute Gasteiger partial charge is 0.381 e. The minimum atomic E-state index is 0.598. The number of nitrogens with one attached hydrogen (secondary N) is 1. The molecule has 90 valence electrons. The van der Waals surface area contributed by atoms with Crippen LogP contribution in [0.1, 0.15) is 52.4 Å². The topological polar surface area (TPSA) is 21.3 Å². The lowest BCUT2D eigenvalue weighted by Crippen LogP contribution is -2.27. The van der Waals surface area contributed by atoms with Gasteiger partial charge < -0.3 is 10.1 Å². The van der Waals surface area contributed by atoms with Crippen molar-refractivity contribution in [3.8, 4) is 0 Å². The molecule has 0 aromatic carbocycles. The molecule has 15 heavy (non-hydrogen) atoms. The summed E-state index contributed by atoms with van der Waals surface area (Å²) in [4.78, 5) is 0. The maximum absolute atomic E-state index is 5.75. The molecule has 1 rings (SSSR count). The molecule has 0 radical (unpaired) electrons. The van der Waals surface area contributed by atoms with Crippen LogP contribution >= 0.6 is 0 Å². The summed E-state index contributed by atoms with van der Waals surface area (Å²) in [6, 6.07) is 0.598. The molecule has 0 aliphatic heterocycles. The van der Waals surface area contributed by atoms with Crippen LogP contribution in [0.2, 0.25) is 0 Å². The van der Waals surface area contributed by atoms with Crippen LogP contribution < -0.4 is 5.32 Å². The molecule has 0 saturated heterocycles. The van der Waals surface area contributed by atoms with Crippen molar-refractivity contribution in [3.63, 3.8) is 0 Å². The third-order valence-electron chi connectivity index (χ3n) is 3.33. The fourth-order valence-corrected chi connectivity index (χ4v) is 2.31. The first-order chi connectivity index (χ1) is 7.33. The molecule has 0 heterocycles. The summed E-state index contributed by atoms with van der Waals surface area (Å²) < 4.78 is 5.75. The molecule has 2 nitrogen and oxygen atoms in total. The predicted octanol–water partition coefficient (Wildman–Crippen LogP) is 2.97. The standard InChI is InChI=1S/C13H27NO/c1-3-14-12(2)9-10-15-11-13-7-5-4-6-8-13/h12-14H,3-11H2,1-2H3. The van der Waals surface area contributed by atoms with Gasteiger partial charge in [0.05, 0.1) is 0 Å². The van der Waals surface area contributed by atoms with E-state index in [0.717, 1.165) is 32.1 Å². The van der Waals surface area contributed by atoms with Crippen LogP contribution in [0.25, 0.3) is 0 Å². The van der Waals surface area contributed by atoms with Gasteiger partial charge in [-0.1, -0.05) is 26.2 Å². The number of ether oxygens (including phenoxy) is 1. The van der Waals surface area contributed by atoms with Crippen LogP contribution in [-0.2, 0) is 4.74 Å². The third-order valence-corrected chi connectivity index (χ3v) is 3.33. The highest BCUT2D eigenvalue weighted by atomic mass is 16.5. The Hall–Kier alpha value is -0.0800. The summed E-state index contributed by atoms with van der Waals surface area (Å²) in [6.07, 6.45) is 8.20. The first-order valence-corrected chi connectivity index (χ1v) is 6.64. The molecular formula is C13H27NO. The summed E-state index contributed by atoms with van der Waals surface area (Å²) in [7, 11) is 0. The average Bonchev–Trinajstić information content (AvgIpc) is 2.26. The van der Waals surface area contributed by atoms with Gasteiger partial charge in [-0.15, -0.1) is 0 Å². The van der Waals surface area contributed by atoms with Crippen molar-refractivity contribution in [1.82, 2.24) is 5.32 Å². The molecule has 1 unspecified atom stereocenters. The second-order valence-electron chi connectivity index (χ2n) is 4.83. The predicted molar refractivity (Wildman–Crippen MR) is 65.1 cm³/mol. The van der Waals surface area contributed by atoms with Crippen molar-refractivity contribution in [3.05, 3.63) is 0 Å². The molecule has 0 bridgehead atoms. The first-order valence-electron chi connectivity index (χ1n) is 6.64. The monoisotopic (exact) mass is 213 g/mol. The van der Waals surface area contributed by atoms with Crippen molar-refractivity contribution in [2.24, 2.45) is 5.92 Å². The number of rotatable bonds is 7. The van der Waals surface area contributed by atoms with Crippen LogP contribution in [-0.4, -0.2) is 25.8 Å². The third kappa shape index (κ3) is 6.16. The number of hydrogen-bond donors (Lipinski definition) is 1.